The summed E-state index contributed by atoms with van der Waals surface area (Å²) in [5.74, 6) is -0.0916. The van der Waals surface area contributed by atoms with Crippen molar-refractivity contribution < 1.29 is 22.9 Å². The number of rotatable bonds is 6. The number of nitro groups is 1. The van der Waals surface area contributed by atoms with Crippen LogP contribution < -0.4 is 10.2 Å². The molecule has 0 atom stereocenters. The first kappa shape index (κ1) is 22.9. The number of carbonyl (C=O) groups is 1. The summed E-state index contributed by atoms with van der Waals surface area (Å²) < 4.78 is 38.7. The SMILES string of the molecule is CC(C)Cc1nnc(NC(=O)C2CCN(c3ccc(C(F)(F)F)cc3[N+](=O)[O-])CC2)s1. The van der Waals surface area contributed by atoms with Gasteiger partial charge in [-0.05, 0) is 30.9 Å². The molecule has 2 heterocycles. The Morgan fingerprint density at radius 1 is 1.32 bits per heavy atom. The molecule has 1 N–H and O–H groups in total. The number of anilines is 2. The van der Waals surface area contributed by atoms with Crippen LogP contribution in [0.2, 0.25) is 0 Å². The van der Waals surface area contributed by atoms with Gasteiger partial charge in [-0.2, -0.15) is 13.2 Å². The summed E-state index contributed by atoms with van der Waals surface area (Å²) in [7, 11) is 0. The lowest BCUT2D eigenvalue weighted by atomic mass is 9.95. The van der Waals surface area contributed by atoms with Gasteiger partial charge >= 0.3 is 6.18 Å². The van der Waals surface area contributed by atoms with Gasteiger partial charge in [0, 0.05) is 31.5 Å². The monoisotopic (exact) mass is 457 g/mol. The van der Waals surface area contributed by atoms with E-state index in [0.717, 1.165) is 23.6 Å². The minimum Gasteiger partial charge on any atom is -0.366 e. The van der Waals surface area contributed by atoms with Crippen molar-refractivity contribution in [1.29, 1.82) is 0 Å². The van der Waals surface area contributed by atoms with Crippen LogP contribution in [0.3, 0.4) is 0 Å². The van der Waals surface area contributed by atoms with E-state index in [4.69, 9.17) is 0 Å². The maximum Gasteiger partial charge on any atom is 0.416 e. The lowest BCUT2D eigenvalue weighted by Crippen LogP contribution is -2.38. The maximum absolute atomic E-state index is 12.9. The number of halogens is 3. The summed E-state index contributed by atoms with van der Waals surface area (Å²) in [5, 5.41) is 23.4. The number of hydrogen-bond donors (Lipinski definition) is 1. The van der Waals surface area contributed by atoms with Crippen molar-refractivity contribution in [3.63, 3.8) is 0 Å². The minimum atomic E-state index is -4.66. The first-order valence-electron chi connectivity index (χ1n) is 9.78. The van der Waals surface area contributed by atoms with Crippen LogP contribution in [0.4, 0.5) is 29.7 Å². The van der Waals surface area contributed by atoms with Gasteiger partial charge < -0.3 is 10.2 Å². The highest BCUT2D eigenvalue weighted by atomic mass is 32.1. The predicted octanol–water partition coefficient (Wildman–Crippen LogP) is 4.52. The number of nitrogens with zero attached hydrogens (tertiary/aromatic N) is 4. The fraction of sp³-hybridized carbons (Fsp3) is 0.526. The molecule has 0 unspecified atom stereocenters. The second-order valence-corrected chi connectivity index (χ2v) is 8.87. The molecule has 2 aromatic rings. The third-order valence-corrected chi connectivity index (χ3v) is 5.85. The summed E-state index contributed by atoms with van der Waals surface area (Å²) in [6, 6.07) is 2.52. The van der Waals surface area contributed by atoms with E-state index in [0.29, 0.717) is 43.0 Å². The Bertz CT molecular complexity index is 956. The molecule has 0 aliphatic carbocycles. The van der Waals surface area contributed by atoms with E-state index < -0.39 is 22.4 Å². The molecule has 1 aromatic carbocycles. The smallest absolute Gasteiger partial charge is 0.366 e. The number of benzene rings is 1. The van der Waals surface area contributed by atoms with Crippen LogP contribution in [-0.2, 0) is 17.4 Å². The van der Waals surface area contributed by atoms with E-state index in [2.05, 4.69) is 29.4 Å². The molecule has 1 saturated heterocycles. The average molecular weight is 457 g/mol. The Labute approximate surface area is 180 Å². The van der Waals surface area contributed by atoms with Crippen molar-refractivity contribution >= 4 is 33.8 Å². The summed E-state index contributed by atoms with van der Waals surface area (Å²) in [6.07, 6.45) is -3.05. The number of amides is 1. The van der Waals surface area contributed by atoms with Gasteiger partial charge in [-0.15, -0.1) is 10.2 Å². The lowest BCUT2D eigenvalue weighted by molar-refractivity contribution is -0.384. The molecule has 168 valence electrons. The summed E-state index contributed by atoms with van der Waals surface area (Å²) in [4.78, 5) is 24.7. The minimum absolute atomic E-state index is 0.124. The van der Waals surface area contributed by atoms with Crippen LogP contribution in [0.25, 0.3) is 0 Å². The molecule has 12 heteroatoms. The second-order valence-electron chi connectivity index (χ2n) is 7.81. The molecule has 1 amide bonds. The number of nitro benzene ring substituents is 1. The molecule has 1 fully saturated rings. The van der Waals surface area contributed by atoms with Gasteiger partial charge in [0.2, 0.25) is 11.0 Å². The number of hydrogen-bond acceptors (Lipinski definition) is 7. The lowest BCUT2D eigenvalue weighted by Gasteiger charge is -2.32. The number of piperidine rings is 1. The molecule has 1 aromatic heterocycles. The number of carbonyl (C=O) groups excluding carboxylic acids is 1. The molecule has 8 nitrogen and oxygen atoms in total. The molecule has 0 radical (unpaired) electrons. The number of alkyl halides is 3. The molecule has 3 rings (SSSR count). The van der Waals surface area contributed by atoms with Gasteiger partial charge in [-0.25, -0.2) is 0 Å². The van der Waals surface area contributed by atoms with E-state index in [9.17, 15) is 28.1 Å². The van der Waals surface area contributed by atoms with Crippen LogP contribution in [0.1, 0.15) is 37.3 Å². The van der Waals surface area contributed by atoms with Crippen LogP contribution in [0, 0.1) is 22.0 Å². The van der Waals surface area contributed by atoms with E-state index in [1.165, 1.54) is 11.3 Å². The third-order valence-electron chi connectivity index (χ3n) is 4.99. The zero-order valence-electron chi connectivity index (χ0n) is 17.0. The second kappa shape index (κ2) is 9.16. The van der Waals surface area contributed by atoms with Crippen LogP contribution in [0.15, 0.2) is 18.2 Å². The van der Waals surface area contributed by atoms with Crippen molar-refractivity contribution in [2.45, 2.75) is 39.3 Å². The van der Waals surface area contributed by atoms with Gasteiger partial charge in [0.15, 0.2) is 0 Å². The highest BCUT2D eigenvalue weighted by Crippen LogP contribution is 2.37. The summed E-state index contributed by atoms with van der Waals surface area (Å²) >= 11 is 1.33. The van der Waals surface area contributed by atoms with E-state index >= 15 is 0 Å². The Hall–Kier alpha value is -2.76. The molecule has 31 heavy (non-hydrogen) atoms. The van der Waals surface area contributed by atoms with Gasteiger partial charge in [-0.3, -0.25) is 14.9 Å². The average Bonchev–Trinajstić information content (AvgIpc) is 3.12. The normalized spacial score (nSPS) is 15.4. The quantitative estimate of drug-likeness (QED) is 0.506. The van der Waals surface area contributed by atoms with Crippen LogP contribution >= 0.6 is 11.3 Å². The fourth-order valence-electron chi connectivity index (χ4n) is 3.44. The molecule has 0 bridgehead atoms. The first-order chi connectivity index (χ1) is 14.5. The van der Waals surface area contributed by atoms with Gasteiger partial charge in [0.1, 0.15) is 10.7 Å². The van der Waals surface area contributed by atoms with E-state index in [1.807, 2.05) is 0 Å². The van der Waals surface area contributed by atoms with E-state index in [-0.39, 0.29) is 17.5 Å². The van der Waals surface area contributed by atoms with Crippen molar-refractivity contribution in [2.75, 3.05) is 23.3 Å². The predicted molar refractivity (Wildman–Crippen MR) is 110 cm³/mol. The highest BCUT2D eigenvalue weighted by Gasteiger charge is 2.35. The molecule has 1 aliphatic rings. The van der Waals surface area contributed by atoms with Gasteiger partial charge in [-0.1, -0.05) is 25.2 Å². The first-order valence-corrected chi connectivity index (χ1v) is 10.6. The third kappa shape index (κ3) is 5.69. The molecular formula is C19H22F3N5O3S. The Morgan fingerprint density at radius 2 is 2.00 bits per heavy atom. The molecular weight excluding hydrogens is 435 g/mol. The van der Waals surface area contributed by atoms with Crippen molar-refractivity contribution in [3.05, 3.63) is 38.9 Å². The summed E-state index contributed by atoms with van der Waals surface area (Å²) in [5.41, 5.74) is -1.53. The largest absolute Gasteiger partial charge is 0.416 e. The topological polar surface area (TPSA) is 101 Å². The molecule has 0 saturated carbocycles. The Balaban J connectivity index is 1.63. The number of aromatic nitrogens is 2. The van der Waals surface area contributed by atoms with E-state index in [1.54, 1.807) is 4.90 Å². The van der Waals surface area contributed by atoms with Crippen molar-refractivity contribution in [2.24, 2.45) is 11.8 Å². The Morgan fingerprint density at radius 3 is 2.58 bits per heavy atom. The molecule has 0 spiro atoms. The zero-order valence-corrected chi connectivity index (χ0v) is 17.8. The van der Waals surface area contributed by atoms with Crippen LogP contribution in [-0.4, -0.2) is 34.1 Å². The van der Waals surface area contributed by atoms with Crippen LogP contribution in [0.5, 0.6) is 0 Å². The van der Waals surface area contributed by atoms with Gasteiger partial charge in [0.05, 0.1) is 10.5 Å². The highest BCUT2D eigenvalue weighted by molar-refractivity contribution is 7.15. The van der Waals surface area contributed by atoms with Crippen molar-refractivity contribution in [1.82, 2.24) is 10.2 Å². The van der Waals surface area contributed by atoms with Crippen molar-refractivity contribution in [3.8, 4) is 0 Å². The molecule has 1 aliphatic heterocycles. The summed E-state index contributed by atoms with van der Waals surface area (Å²) in [6.45, 7) is 4.76. The maximum atomic E-state index is 12.9. The standard InChI is InChI=1S/C19H22F3N5O3S/c1-11(2)9-16-24-25-18(31-16)23-17(28)12-5-7-26(8-6-12)14-4-3-13(19(20,21)22)10-15(14)27(29)30/h3-4,10-12H,5-9H2,1-2H3,(H,23,25,28). The zero-order chi connectivity index (χ0) is 22.8. The van der Waals surface area contributed by atoms with Gasteiger partial charge in [0.25, 0.3) is 5.69 Å². The number of nitrogens with one attached hydrogen (secondary N) is 1. The Kier molecular flexibility index (Phi) is 6.77. The fourth-order valence-corrected chi connectivity index (χ4v) is 4.39.